The second-order valence-electron chi connectivity index (χ2n) is 4.54. The Bertz CT molecular complexity index is 862. The summed E-state index contributed by atoms with van der Waals surface area (Å²) >= 11 is 11.6. The van der Waals surface area contributed by atoms with E-state index < -0.39 is 10.1 Å². The van der Waals surface area contributed by atoms with Crippen LogP contribution in [-0.4, -0.2) is 21.3 Å². The van der Waals surface area contributed by atoms with Crippen molar-refractivity contribution in [2.45, 2.75) is 11.8 Å². The van der Waals surface area contributed by atoms with Gasteiger partial charge in [-0.1, -0.05) is 23.2 Å². The van der Waals surface area contributed by atoms with Crippen LogP contribution in [0.15, 0.2) is 41.3 Å². The van der Waals surface area contributed by atoms with Gasteiger partial charge in [0, 0.05) is 5.56 Å². The van der Waals surface area contributed by atoms with Crippen LogP contribution in [0.1, 0.15) is 17.3 Å². The minimum absolute atomic E-state index is 0.0384. The third-order valence-corrected chi connectivity index (χ3v) is 4.92. The third kappa shape index (κ3) is 3.96. The Morgan fingerprint density at radius 1 is 1.00 bits per heavy atom. The van der Waals surface area contributed by atoms with E-state index in [0.29, 0.717) is 5.56 Å². The molecular weight excluding hydrogens is 363 g/mol. The molecule has 8 heteroatoms. The first-order valence-electron chi connectivity index (χ1n) is 6.33. The van der Waals surface area contributed by atoms with Crippen LogP contribution in [0, 0.1) is 0 Å². The monoisotopic (exact) mass is 374 g/mol. The average Bonchev–Trinajstić information content (AvgIpc) is 2.49. The number of ether oxygens (including phenoxy) is 1. The fourth-order valence-electron chi connectivity index (χ4n) is 1.75. The fourth-order valence-corrected chi connectivity index (χ4v) is 3.08. The molecule has 2 rings (SSSR count). The number of benzene rings is 2. The zero-order valence-corrected chi connectivity index (χ0v) is 14.5. The quantitative estimate of drug-likeness (QED) is 0.584. The highest BCUT2D eigenvalue weighted by atomic mass is 35.5. The predicted molar refractivity (Wildman–Crippen MR) is 87.3 cm³/mol. The van der Waals surface area contributed by atoms with Crippen LogP contribution in [0.5, 0.6) is 11.5 Å². The third-order valence-electron chi connectivity index (χ3n) is 2.95. The molecule has 0 aliphatic rings. The highest BCUT2D eigenvalue weighted by molar-refractivity contribution is 7.87. The van der Waals surface area contributed by atoms with Crippen LogP contribution in [0.4, 0.5) is 0 Å². The van der Waals surface area contributed by atoms with Crippen LogP contribution in [0.2, 0.25) is 10.0 Å². The lowest BCUT2D eigenvalue weighted by Crippen LogP contribution is -2.10. The molecule has 0 spiro atoms. The minimum atomic E-state index is -4.13. The molecule has 0 atom stereocenters. The fraction of sp³-hybridized carbons (Fsp3) is 0.133. The standard InChI is InChI=1S/C15H12Cl2O5S/c1-9(18)10-3-6-14(15(7-10)21-2)22-23(19,20)11-4-5-12(16)13(17)8-11/h3-8H,1-2H3. The molecule has 0 bridgehead atoms. The molecule has 0 N–H and O–H groups in total. The lowest BCUT2D eigenvalue weighted by molar-refractivity contribution is 0.101. The van der Waals surface area contributed by atoms with Crippen LogP contribution >= 0.6 is 23.2 Å². The molecule has 0 amide bonds. The average molecular weight is 375 g/mol. The van der Waals surface area contributed by atoms with Gasteiger partial charge in [0.15, 0.2) is 17.3 Å². The van der Waals surface area contributed by atoms with Crippen molar-refractivity contribution in [1.82, 2.24) is 0 Å². The van der Waals surface area contributed by atoms with Crippen LogP contribution in [0.25, 0.3) is 0 Å². The van der Waals surface area contributed by atoms with Gasteiger partial charge in [0.1, 0.15) is 4.90 Å². The molecule has 0 aromatic heterocycles. The second-order valence-corrected chi connectivity index (χ2v) is 6.90. The van der Waals surface area contributed by atoms with Gasteiger partial charge < -0.3 is 8.92 Å². The Balaban J connectivity index is 2.40. The lowest BCUT2D eigenvalue weighted by atomic mass is 10.1. The molecule has 0 unspecified atom stereocenters. The predicted octanol–water partition coefficient (Wildman–Crippen LogP) is 3.97. The first-order chi connectivity index (χ1) is 10.7. The summed E-state index contributed by atoms with van der Waals surface area (Å²) in [5.41, 5.74) is 0.376. The number of rotatable bonds is 5. The van der Waals surface area contributed by atoms with Gasteiger partial charge in [-0.15, -0.1) is 0 Å². The van der Waals surface area contributed by atoms with Crippen LogP contribution < -0.4 is 8.92 Å². The topological polar surface area (TPSA) is 69.7 Å². The molecule has 0 saturated carbocycles. The molecular formula is C15H12Cl2O5S. The molecule has 2 aromatic carbocycles. The number of hydrogen-bond donors (Lipinski definition) is 0. The number of carbonyl (C=O) groups is 1. The summed E-state index contributed by atoms with van der Waals surface area (Å²) < 4.78 is 34.8. The van der Waals surface area contributed by atoms with Gasteiger partial charge in [-0.2, -0.15) is 8.42 Å². The summed E-state index contributed by atoms with van der Waals surface area (Å²) in [6.45, 7) is 1.39. The molecule has 0 aliphatic heterocycles. The molecule has 0 saturated heterocycles. The summed E-state index contributed by atoms with van der Waals surface area (Å²) in [4.78, 5) is 11.2. The van der Waals surface area contributed by atoms with E-state index in [1.807, 2.05) is 0 Å². The van der Waals surface area contributed by atoms with Crippen molar-refractivity contribution in [2.24, 2.45) is 0 Å². The number of Topliss-reactive ketones (excluding diaryl/α,β-unsaturated/α-hetero) is 1. The Morgan fingerprint density at radius 2 is 1.70 bits per heavy atom. The Kier molecular flexibility index (Phi) is 5.19. The lowest BCUT2D eigenvalue weighted by Gasteiger charge is -2.12. The van der Waals surface area contributed by atoms with Gasteiger partial charge in [-0.05, 0) is 43.3 Å². The van der Waals surface area contributed by atoms with Crippen LogP contribution in [-0.2, 0) is 10.1 Å². The molecule has 0 aliphatic carbocycles. The van der Waals surface area contributed by atoms with Crippen molar-refractivity contribution in [3.8, 4) is 11.5 Å². The molecule has 122 valence electrons. The van der Waals surface area contributed by atoms with Crippen molar-refractivity contribution >= 4 is 39.1 Å². The number of ketones is 1. The normalized spacial score (nSPS) is 11.1. The summed E-state index contributed by atoms with van der Waals surface area (Å²) in [7, 11) is -2.78. The molecule has 23 heavy (non-hydrogen) atoms. The molecule has 0 heterocycles. The Hall–Kier alpha value is -1.76. The van der Waals surface area contributed by atoms with Gasteiger partial charge in [0.2, 0.25) is 0 Å². The number of hydrogen-bond acceptors (Lipinski definition) is 5. The van der Waals surface area contributed by atoms with E-state index in [0.717, 1.165) is 0 Å². The highest BCUT2D eigenvalue weighted by Gasteiger charge is 2.20. The molecule has 5 nitrogen and oxygen atoms in total. The van der Waals surface area contributed by atoms with Crippen molar-refractivity contribution in [3.05, 3.63) is 52.0 Å². The van der Waals surface area contributed by atoms with Gasteiger partial charge in [-0.25, -0.2) is 0 Å². The number of methoxy groups -OCH3 is 1. The maximum Gasteiger partial charge on any atom is 0.339 e. The van der Waals surface area contributed by atoms with Crippen molar-refractivity contribution in [2.75, 3.05) is 7.11 Å². The van der Waals surface area contributed by atoms with E-state index in [2.05, 4.69) is 0 Å². The summed E-state index contributed by atoms with van der Waals surface area (Å²) in [6.07, 6.45) is 0. The van der Waals surface area contributed by atoms with E-state index in [9.17, 15) is 13.2 Å². The number of halogens is 2. The Morgan fingerprint density at radius 3 is 2.26 bits per heavy atom. The largest absolute Gasteiger partial charge is 0.493 e. The van der Waals surface area contributed by atoms with Crippen LogP contribution in [0.3, 0.4) is 0 Å². The van der Waals surface area contributed by atoms with Gasteiger partial charge in [0.05, 0.1) is 17.2 Å². The zero-order chi connectivity index (χ0) is 17.2. The van der Waals surface area contributed by atoms with E-state index >= 15 is 0 Å². The molecule has 0 fully saturated rings. The van der Waals surface area contributed by atoms with Gasteiger partial charge in [-0.3, -0.25) is 4.79 Å². The van der Waals surface area contributed by atoms with Gasteiger partial charge >= 0.3 is 10.1 Å². The first kappa shape index (κ1) is 17.6. The van der Waals surface area contributed by atoms with Crippen molar-refractivity contribution in [1.29, 1.82) is 0 Å². The maximum absolute atomic E-state index is 12.3. The minimum Gasteiger partial charge on any atom is -0.493 e. The van der Waals surface area contributed by atoms with Crippen molar-refractivity contribution < 1.29 is 22.1 Å². The van der Waals surface area contributed by atoms with E-state index in [1.165, 1.54) is 50.4 Å². The van der Waals surface area contributed by atoms with E-state index in [1.54, 1.807) is 0 Å². The molecule has 0 radical (unpaired) electrons. The zero-order valence-electron chi connectivity index (χ0n) is 12.2. The molecule has 2 aromatic rings. The summed E-state index contributed by atoms with van der Waals surface area (Å²) in [5, 5.41) is 0.323. The second kappa shape index (κ2) is 6.78. The summed E-state index contributed by atoms with van der Waals surface area (Å²) in [5.74, 6) is -0.0906. The Labute approximate surface area is 143 Å². The van der Waals surface area contributed by atoms with E-state index in [-0.39, 0.29) is 32.2 Å². The number of carbonyl (C=O) groups excluding carboxylic acids is 1. The summed E-state index contributed by atoms with van der Waals surface area (Å²) in [6, 6.07) is 8.03. The van der Waals surface area contributed by atoms with Gasteiger partial charge in [0.25, 0.3) is 0 Å². The smallest absolute Gasteiger partial charge is 0.339 e. The highest BCUT2D eigenvalue weighted by Crippen LogP contribution is 2.32. The van der Waals surface area contributed by atoms with Crippen molar-refractivity contribution in [3.63, 3.8) is 0 Å². The SMILES string of the molecule is COc1cc(C(C)=O)ccc1OS(=O)(=O)c1ccc(Cl)c(Cl)c1. The maximum atomic E-state index is 12.3. The first-order valence-corrected chi connectivity index (χ1v) is 8.49. The van der Waals surface area contributed by atoms with E-state index in [4.69, 9.17) is 32.1 Å².